The van der Waals surface area contributed by atoms with E-state index in [2.05, 4.69) is 19.2 Å². The number of carbonyl (C=O) groups is 2. The fraction of sp³-hybridized carbons (Fsp3) is 0.600. The highest BCUT2D eigenvalue weighted by Crippen LogP contribution is 2.22. The number of hydrogen-bond donors (Lipinski definition) is 1. The van der Waals surface area contributed by atoms with E-state index in [1.807, 2.05) is 6.92 Å². The van der Waals surface area contributed by atoms with Crippen LogP contribution in [-0.2, 0) is 16.0 Å². The quantitative estimate of drug-likeness (QED) is 0.902. The van der Waals surface area contributed by atoms with Crippen molar-refractivity contribution < 1.29 is 14.0 Å². The van der Waals surface area contributed by atoms with Gasteiger partial charge >= 0.3 is 0 Å². The van der Waals surface area contributed by atoms with Crippen molar-refractivity contribution in [2.75, 3.05) is 11.6 Å². The third-order valence-corrected chi connectivity index (χ3v) is 4.82. The Morgan fingerprint density at radius 3 is 2.86 bits per heavy atom. The van der Waals surface area contributed by atoms with Crippen LogP contribution in [0.2, 0.25) is 0 Å². The minimum Gasteiger partial charge on any atom is -0.472 e. The van der Waals surface area contributed by atoms with Gasteiger partial charge in [-0.3, -0.25) is 9.59 Å². The second kappa shape index (κ2) is 7.02. The van der Waals surface area contributed by atoms with Crippen LogP contribution in [0.3, 0.4) is 0 Å². The number of hydrogen-bond acceptors (Lipinski definition) is 4. The Kier molecular flexibility index (Phi) is 5.33. The molecule has 0 aromatic carbocycles. The Bertz CT molecular complexity index is 487. The molecule has 5 nitrogen and oxygen atoms in total. The molecule has 1 aromatic heterocycles. The molecule has 0 saturated carbocycles. The van der Waals surface area contributed by atoms with E-state index in [0.717, 1.165) is 5.56 Å². The monoisotopic (exact) mass is 310 g/mol. The fourth-order valence-corrected chi connectivity index (χ4v) is 3.24. The standard InChI is InChI=1S/C15H22N2O3S/c1-10(2)11(3)16-15(19)13-8-21-9-17(13)14(18)6-12-4-5-20-7-12/h4-5,7,10-11,13H,6,8-9H2,1-3H3,(H,16,19)/t11-,13-/m1/s1. The zero-order chi connectivity index (χ0) is 15.4. The Balaban J connectivity index is 1.96. The molecule has 21 heavy (non-hydrogen) atoms. The van der Waals surface area contributed by atoms with E-state index in [-0.39, 0.29) is 30.3 Å². The van der Waals surface area contributed by atoms with E-state index in [0.29, 0.717) is 17.5 Å². The highest BCUT2D eigenvalue weighted by Gasteiger charge is 2.35. The van der Waals surface area contributed by atoms with Crippen LogP contribution in [0.1, 0.15) is 26.3 Å². The van der Waals surface area contributed by atoms with Gasteiger partial charge in [-0.1, -0.05) is 13.8 Å². The summed E-state index contributed by atoms with van der Waals surface area (Å²) < 4.78 is 4.98. The average molecular weight is 310 g/mol. The van der Waals surface area contributed by atoms with Gasteiger partial charge in [0.05, 0.1) is 24.8 Å². The third kappa shape index (κ3) is 4.03. The van der Waals surface area contributed by atoms with Crippen molar-refractivity contribution in [2.45, 2.75) is 39.3 Å². The summed E-state index contributed by atoms with van der Waals surface area (Å²) in [6.45, 7) is 6.12. The highest BCUT2D eigenvalue weighted by molar-refractivity contribution is 7.99. The summed E-state index contributed by atoms with van der Waals surface area (Å²) in [4.78, 5) is 26.3. The Hall–Kier alpha value is -1.43. The van der Waals surface area contributed by atoms with E-state index in [1.54, 1.807) is 35.3 Å². The van der Waals surface area contributed by atoms with Crippen molar-refractivity contribution in [3.8, 4) is 0 Å². The first-order valence-corrected chi connectivity index (χ1v) is 8.33. The van der Waals surface area contributed by atoms with Crippen LogP contribution in [0, 0.1) is 5.92 Å². The third-order valence-electron chi connectivity index (χ3n) is 3.81. The molecule has 2 heterocycles. The molecule has 0 spiro atoms. The lowest BCUT2D eigenvalue weighted by molar-refractivity contribution is -0.137. The number of nitrogens with one attached hydrogen (secondary N) is 1. The largest absolute Gasteiger partial charge is 0.472 e. The first-order chi connectivity index (χ1) is 9.99. The maximum absolute atomic E-state index is 12.3. The average Bonchev–Trinajstić information content (AvgIpc) is 3.08. The van der Waals surface area contributed by atoms with Gasteiger partial charge in [0.25, 0.3) is 0 Å². The van der Waals surface area contributed by atoms with Gasteiger partial charge in [0.15, 0.2) is 0 Å². The van der Waals surface area contributed by atoms with E-state index >= 15 is 0 Å². The van der Waals surface area contributed by atoms with Gasteiger partial charge in [-0.25, -0.2) is 0 Å². The molecule has 1 fully saturated rings. The Morgan fingerprint density at radius 2 is 2.24 bits per heavy atom. The first kappa shape index (κ1) is 15.9. The minimum absolute atomic E-state index is 0.0289. The van der Waals surface area contributed by atoms with Crippen LogP contribution in [-0.4, -0.2) is 40.4 Å². The summed E-state index contributed by atoms with van der Waals surface area (Å²) in [5, 5.41) is 3.00. The van der Waals surface area contributed by atoms with E-state index in [4.69, 9.17) is 4.42 Å². The summed E-state index contributed by atoms with van der Waals surface area (Å²) in [5.74, 6) is 1.53. The van der Waals surface area contributed by atoms with Crippen molar-refractivity contribution in [2.24, 2.45) is 5.92 Å². The maximum Gasteiger partial charge on any atom is 0.243 e. The fourth-order valence-electron chi connectivity index (χ4n) is 2.06. The predicted octanol–water partition coefficient (Wildman–Crippen LogP) is 1.88. The first-order valence-electron chi connectivity index (χ1n) is 7.17. The molecule has 0 radical (unpaired) electrons. The molecular weight excluding hydrogens is 288 g/mol. The van der Waals surface area contributed by atoms with Crippen LogP contribution < -0.4 is 5.32 Å². The molecule has 0 unspecified atom stereocenters. The molecule has 1 saturated heterocycles. The highest BCUT2D eigenvalue weighted by atomic mass is 32.2. The van der Waals surface area contributed by atoms with E-state index < -0.39 is 0 Å². The molecule has 1 aliphatic rings. The van der Waals surface area contributed by atoms with Crippen molar-refractivity contribution in [1.82, 2.24) is 10.2 Å². The van der Waals surface area contributed by atoms with Gasteiger partial charge in [-0.15, -0.1) is 11.8 Å². The number of carbonyl (C=O) groups excluding carboxylic acids is 2. The van der Waals surface area contributed by atoms with E-state index in [9.17, 15) is 9.59 Å². The summed E-state index contributed by atoms with van der Waals surface area (Å²) in [6, 6.07) is 1.52. The second-order valence-corrected chi connectivity index (χ2v) is 6.73. The van der Waals surface area contributed by atoms with Gasteiger partial charge in [0, 0.05) is 11.8 Å². The van der Waals surface area contributed by atoms with Gasteiger partial charge in [0.1, 0.15) is 6.04 Å². The molecule has 116 valence electrons. The number of furan rings is 1. The topological polar surface area (TPSA) is 62.6 Å². The molecule has 1 N–H and O–H groups in total. The SMILES string of the molecule is CC(C)[C@@H](C)NC(=O)[C@H]1CSCN1C(=O)Cc1ccoc1. The lowest BCUT2D eigenvalue weighted by atomic mass is 10.1. The smallest absolute Gasteiger partial charge is 0.243 e. The zero-order valence-electron chi connectivity index (χ0n) is 12.7. The van der Waals surface area contributed by atoms with Crippen molar-refractivity contribution >= 4 is 23.6 Å². The van der Waals surface area contributed by atoms with Crippen LogP contribution in [0.25, 0.3) is 0 Å². The lowest BCUT2D eigenvalue weighted by Crippen LogP contribution is -2.50. The van der Waals surface area contributed by atoms with E-state index in [1.165, 1.54) is 0 Å². The van der Waals surface area contributed by atoms with Crippen LogP contribution in [0.5, 0.6) is 0 Å². The molecule has 6 heteroatoms. The number of rotatable bonds is 5. The summed E-state index contributed by atoms with van der Waals surface area (Å²) in [5.41, 5.74) is 0.839. The second-order valence-electron chi connectivity index (χ2n) is 5.73. The lowest BCUT2D eigenvalue weighted by Gasteiger charge is -2.25. The normalized spacial score (nSPS) is 19.8. The zero-order valence-corrected chi connectivity index (χ0v) is 13.5. The van der Waals surface area contributed by atoms with Crippen molar-refractivity contribution in [1.29, 1.82) is 0 Å². The molecular formula is C15H22N2O3S. The molecule has 0 bridgehead atoms. The summed E-state index contributed by atoms with van der Waals surface area (Å²) >= 11 is 1.62. The molecule has 2 rings (SSSR count). The molecule has 0 aliphatic carbocycles. The van der Waals surface area contributed by atoms with Gasteiger partial charge in [0.2, 0.25) is 11.8 Å². The Morgan fingerprint density at radius 1 is 1.48 bits per heavy atom. The van der Waals surface area contributed by atoms with Gasteiger partial charge < -0.3 is 14.6 Å². The van der Waals surface area contributed by atoms with Crippen LogP contribution in [0.4, 0.5) is 0 Å². The molecule has 1 aliphatic heterocycles. The van der Waals surface area contributed by atoms with Crippen LogP contribution >= 0.6 is 11.8 Å². The van der Waals surface area contributed by atoms with Gasteiger partial charge in [-0.2, -0.15) is 0 Å². The van der Waals surface area contributed by atoms with Crippen LogP contribution in [0.15, 0.2) is 23.0 Å². The molecule has 2 atom stereocenters. The van der Waals surface area contributed by atoms with Gasteiger partial charge in [-0.05, 0) is 24.5 Å². The number of amides is 2. The number of nitrogens with zero attached hydrogens (tertiary/aromatic N) is 1. The summed E-state index contributed by atoms with van der Waals surface area (Å²) in [7, 11) is 0. The van der Waals surface area contributed by atoms with Crippen molar-refractivity contribution in [3.63, 3.8) is 0 Å². The minimum atomic E-state index is -0.365. The van der Waals surface area contributed by atoms with Crippen molar-refractivity contribution in [3.05, 3.63) is 24.2 Å². The number of thioether (sulfide) groups is 1. The molecule has 1 aromatic rings. The maximum atomic E-state index is 12.3. The summed E-state index contributed by atoms with van der Waals surface area (Å²) in [6.07, 6.45) is 3.40. The Labute approximate surface area is 129 Å². The molecule has 2 amide bonds. The predicted molar refractivity (Wildman–Crippen MR) is 82.8 cm³/mol.